The Morgan fingerprint density at radius 3 is 2.79 bits per heavy atom. The fourth-order valence-corrected chi connectivity index (χ4v) is 3.86. The number of imidazole rings is 1. The molecule has 0 aliphatic carbocycles. The molecule has 8 heteroatoms. The van der Waals surface area contributed by atoms with Gasteiger partial charge in [0, 0.05) is 23.1 Å². The Labute approximate surface area is 164 Å². The minimum Gasteiger partial charge on any atom is -0.352 e. The molecule has 2 N–H and O–H groups in total. The van der Waals surface area contributed by atoms with Gasteiger partial charge in [-0.2, -0.15) is 5.26 Å². The molecular formula is C16H20Br2ClN5. The first-order valence-electron chi connectivity index (χ1n) is 7.80. The lowest BCUT2D eigenvalue weighted by Gasteiger charge is -2.25. The zero-order chi connectivity index (χ0) is 16.6. The van der Waals surface area contributed by atoms with Crippen molar-refractivity contribution in [2.75, 3.05) is 18.4 Å². The quantitative estimate of drug-likeness (QED) is 0.678. The van der Waals surface area contributed by atoms with Crippen LogP contribution in [0.15, 0.2) is 15.0 Å². The van der Waals surface area contributed by atoms with Crippen molar-refractivity contribution in [1.29, 1.82) is 5.26 Å². The lowest BCUT2D eigenvalue weighted by Crippen LogP contribution is -2.39. The third-order valence-electron chi connectivity index (χ3n) is 4.14. The average molecular weight is 478 g/mol. The molecule has 5 nitrogen and oxygen atoms in total. The van der Waals surface area contributed by atoms with Gasteiger partial charge in [-0.05, 0) is 71.2 Å². The molecule has 130 valence electrons. The Hall–Kier alpha value is -0.810. The molecular weight excluding hydrogens is 457 g/mol. The van der Waals surface area contributed by atoms with Crippen molar-refractivity contribution >= 4 is 61.2 Å². The maximum atomic E-state index is 9.52. The zero-order valence-corrected chi connectivity index (χ0v) is 17.6. The van der Waals surface area contributed by atoms with Gasteiger partial charge in [0.1, 0.15) is 11.6 Å². The van der Waals surface area contributed by atoms with E-state index in [1.165, 1.54) is 6.42 Å². The molecule has 24 heavy (non-hydrogen) atoms. The predicted molar refractivity (Wildman–Crippen MR) is 107 cm³/mol. The van der Waals surface area contributed by atoms with Gasteiger partial charge in [-0.15, -0.1) is 12.4 Å². The smallest absolute Gasteiger partial charge is 0.204 e. The van der Waals surface area contributed by atoms with Crippen LogP contribution in [0.1, 0.15) is 38.3 Å². The molecule has 1 saturated heterocycles. The average Bonchev–Trinajstić information content (AvgIpc) is 2.87. The number of nitrogens with one attached hydrogen (secondary N) is 2. The monoisotopic (exact) mass is 475 g/mol. The van der Waals surface area contributed by atoms with E-state index in [9.17, 15) is 5.26 Å². The van der Waals surface area contributed by atoms with E-state index in [1.54, 1.807) is 0 Å². The van der Waals surface area contributed by atoms with E-state index in [4.69, 9.17) is 4.98 Å². The largest absolute Gasteiger partial charge is 0.352 e. The number of anilines is 1. The van der Waals surface area contributed by atoms with Gasteiger partial charge in [-0.1, -0.05) is 0 Å². The molecule has 0 saturated carbocycles. The second-order valence-electron chi connectivity index (χ2n) is 6.11. The summed E-state index contributed by atoms with van der Waals surface area (Å²) in [6.45, 7) is 6.29. The number of aromatic nitrogens is 2. The Morgan fingerprint density at radius 2 is 2.21 bits per heavy atom. The summed E-state index contributed by atoms with van der Waals surface area (Å²) >= 11 is 7.01. The minimum atomic E-state index is 0. The number of hydrogen-bond acceptors (Lipinski definition) is 4. The third-order valence-corrected chi connectivity index (χ3v) is 6.12. The second-order valence-corrected chi connectivity index (χ2v) is 7.76. The number of halogens is 3. The molecule has 1 aromatic carbocycles. The summed E-state index contributed by atoms with van der Waals surface area (Å²) in [6, 6.07) is 4.91. The maximum Gasteiger partial charge on any atom is 0.204 e. The number of fused-ring (bicyclic) bond motifs is 1. The molecule has 2 heterocycles. The summed E-state index contributed by atoms with van der Waals surface area (Å²) in [7, 11) is 0. The van der Waals surface area contributed by atoms with Crippen LogP contribution in [-0.4, -0.2) is 28.7 Å². The highest BCUT2D eigenvalue weighted by Crippen LogP contribution is 2.36. The standard InChI is InChI=1S/C16H19Br2N5.ClH/c1-9(2)23-13-6-12(17)14(18)11(7-19)15(13)22-16(23)21-10-4-3-5-20-8-10;/h6,9-10,20H,3-5,8H2,1-2H3,(H,21,22);1H/t10-;/m1./s1. The van der Waals surface area contributed by atoms with E-state index in [0.717, 1.165) is 45.4 Å². The number of hydrogen-bond donors (Lipinski definition) is 2. The Kier molecular flexibility index (Phi) is 6.54. The van der Waals surface area contributed by atoms with Crippen LogP contribution in [0.3, 0.4) is 0 Å². The topological polar surface area (TPSA) is 65.7 Å². The van der Waals surface area contributed by atoms with Crippen LogP contribution < -0.4 is 10.6 Å². The van der Waals surface area contributed by atoms with Gasteiger partial charge >= 0.3 is 0 Å². The van der Waals surface area contributed by atoms with Gasteiger partial charge in [0.25, 0.3) is 0 Å². The highest BCUT2D eigenvalue weighted by Gasteiger charge is 2.22. The Balaban J connectivity index is 0.00000208. The Bertz CT molecular complexity index is 775. The van der Waals surface area contributed by atoms with Gasteiger partial charge in [0.05, 0.1) is 15.6 Å². The van der Waals surface area contributed by atoms with Crippen molar-refractivity contribution in [2.45, 2.75) is 38.8 Å². The molecule has 0 spiro atoms. The molecule has 2 aromatic rings. The molecule has 1 aliphatic heterocycles. The van der Waals surface area contributed by atoms with Crippen LogP contribution >= 0.6 is 44.3 Å². The summed E-state index contributed by atoms with van der Waals surface area (Å²) in [5.41, 5.74) is 2.28. The predicted octanol–water partition coefficient (Wildman–Crippen LogP) is 4.60. The molecule has 1 fully saturated rings. The molecule has 1 atom stereocenters. The first-order valence-corrected chi connectivity index (χ1v) is 9.38. The first-order chi connectivity index (χ1) is 11.0. The van der Waals surface area contributed by atoms with E-state index < -0.39 is 0 Å². The number of rotatable bonds is 3. The van der Waals surface area contributed by atoms with Gasteiger partial charge in [-0.3, -0.25) is 0 Å². The van der Waals surface area contributed by atoms with Gasteiger partial charge in [0.15, 0.2) is 0 Å². The number of nitriles is 1. The summed E-state index contributed by atoms with van der Waals surface area (Å²) in [5, 5.41) is 16.5. The van der Waals surface area contributed by atoms with Crippen molar-refractivity contribution in [3.63, 3.8) is 0 Å². The van der Waals surface area contributed by atoms with Gasteiger partial charge in [-0.25, -0.2) is 4.98 Å². The van der Waals surface area contributed by atoms with Crippen molar-refractivity contribution in [3.05, 3.63) is 20.6 Å². The van der Waals surface area contributed by atoms with Gasteiger partial charge in [0.2, 0.25) is 5.95 Å². The lowest BCUT2D eigenvalue weighted by atomic mass is 10.1. The zero-order valence-electron chi connectivity index (χ0n) is 13.6. The highest BCUT2D eigenvalue weighted by molar-refractivity contribution is 9.13. The first kappa shape index (κ1) is 19.5. The van der Waals surface area contributed by atoms with E-state index in [-0.39, 0.29) is 18.4 Å². The van der Waals surface area contributed by atoms with E-state index in [0.29, 0.717) is 11.6 Å². The number of nitrogens with zero attached hydrogens (tertiary/aromatic N) is 3. The highest BCUT2D eigenvalue weighted by atomic mass is 79.9. The van der Waals surface area contributed by atoms with E-state index >= 15 is 0 Å². The van der Waals surface area contributed by atoms with Crippen molar-refractivity contribution in [1.82, 2.24) is 14.9 Å². The molecule has 1 aromatic heterocycles. The van der Waals surface area contributed by atoms with Gasteiger partial charge < -0.3 is 15.2 Å². The van der Waals surface area contributed by atoms with E-state index in [2.05, 4.69) is 67.0 Å². The van der Waals surface area contributed by atoms with Crippen molar-refractivity contribution < 1.29 is 0 Å². The Morgan fingerprint density at radius 1 is 1.46 bits per heavy atom. The van der Waals surface area contributed by atoms with Crippen molar-refractivity contribution in [2.24, 2.45) is 0 Å². The minimum absolute atomic E-state index is 0. The SMILES string of the molecule is CC(C)n1c(N[C@@H]2CCCNC2)nc2c(C#N)c(Br)c(Br)cc21.Cl. The molecule has 0 unspecified atom stereocenters. The van der Waals surface area contributed by atoms with Crippen LogP contribution in [0.25, 0.3) is 11.0 Å². The second kappa shape index (κ2) is 8.05. The molecule has 0 bridgehead atoms. The number of piperidine rings is 1. The summed E-state index contributed by atoms with van der Waals surface area (Å²) in [6.07, 6.45) is 2.30. The molecule has 0 amide bonds. The van der Waals surface area contributed by atoms with Crippen LogP contribution in [-0.2, 0) is 0 Å². The number of benzene rings is 1. The lowest BCUT2D eigenvalue weighted by molar-refractivity contribution is 0.474. The summed E-state index contributed by atoms with van der Waals surface area (Å²) in [4.78, 5) is 4.75. The third kappa shape index (κ3) is 3.57. The summed E-state index contributed by atoms with van der Waals surface area (Å²) < 4.78 is 3.79. The molecule has 1 aliphatic rings. The van der Waals surface area contributed by atoms with Crippen LogP contribution in [0.5, 0.6) is 0 Å². The van der Waals surface area contributed by atoms with Crippen LogP contribution in [0.2, 0.25) is 0 Å². The van der Waals surface area contributed by atoms with Crippen LogP contribution in [0, 0.1) is 11.3 Å². The fraction of sp³-hybridized carbons (Fsp3) is 0.500. The fourth-order valence-electron chi connectivity index (χ4n) is 3.06. The summed E-state index contributed by atoms with van der Waals surface area (Å²) in [5.74, 6) is 0.838. The van der Waals surface area contributed by atoms with Crippen LogP contribution in [0.4, 0.5) is 5.95 Å². The normalized spacial score (nSPS) is 17.6. The van der Waals surface area contributed by atoms with Crippen molar-refractivity contribution in [3.8, 4) is 6.07 Å². The molecule has 3 rings (SSSR count). The maximum absolute atomic E-state index is 9.52. The molecule has 0 radical (unpaired) electrons. The van der Waals surface area contributed by atoms with E-state index in [1.807, 2.05) is 6.07 Å².